The maximum atomic E-state index is 6.38. The number of benzene rings is 5. The highest BCUT2D eigenvalue weighted by atomic mass is 32.1. The van der Waals surface area contributed by atoms with Crippen LogP contribution in [0.25, 0.3) is 76.9 Å². The third-order valence-electron chi connectivity index (χ3n) is 6.96. The lowest BCUT2D eigenvalue weighted by Gasteiger charge is -2.08. The molecular formula is C34H20N4OS. The first-order chi connectivity index (χ1) is 19.8. The van der Waals surface area contributed by atoms with Crippen molar-refractivity contribution in [3.05, 3.63) is 121 Å². The minimum absolute atomic E-state index is 0.602. The van der Waals surface area contributed by atoms with Gasteiger partial charge in [0, 0.05) is 39.1 Å². The zero-order valence-corrected chi connectivity index (χ0v) is 22.0. The van der Waals surface area contributed by atoms with E-state index in [-0.39, 0.29) is 0 Å². The van der Waals surface area contributed by atoms with Crippen LogP contribution in [0.15, 0.2) is 126 Å². The van der Waals surface area contributed by atoms with Crippen LogP contribution in [-0.4, -0.2) is 19.9 Å². The highest BCUT2D eigenvalue weighted by molar-refractivity contribution is 7.21. The molecule has 6 heteroatoms. The predicted octanol–water partition coefficient (Wildman–Crippen LogP) is 9.05. The van der Waals surface area contributed by atoms with Crippen molar-refractivity contribution in [2.24, 2.45) is 0 Å². The molecule has 0 N–H and O–H groups in total. The maximum Gasteiger partial charge on any atom is 0.164 e. The quantitative estimate of drug-likeness (QED) is 0.226. The summed E-state index contributed by atoms with van der Waals surface area (Å²) in [5.41, 5.74) is 6.48. The zero-order chi connectivity index (χ0) is 26.5. The van der Waals surface area contributed by atoms with Crippen LogP contribution < -0.4 is 0 Å². The van der Waals surface area contributed by atoms with E-state index < -0.39 is 0 Å². The van der Waals surface area contributed by atoms with Crippen molar-refractivity contribution in [3.63, 3.8) is 0 Å². The topological polar surface area (TPSA) is 64.7 Å². The summed E-state index contributed by atoms with van der Waals surface area (Å²) >= 11 is 1.68. The number of furan rings is 1. The summed E-state index contributed by atoms with van der Waals surface area (Å²) in [5.74, 6) is 1.87. The molecular weight excluding hydrogens is 512 g/mol. The van der Waals surface area contributed by atoms with Gasteiger partial charge in [-0.2, -0.15) is 0 Å². The molecule has 188 valence electrons. The van der Waals surface area contributed by atoms with E-state index in [1.807, 2.05) is 84.9 Å². The maximum absolute atomic E-state index is 6.38. The molecule has 0 aliphatic carbocycles. The van der Waals surface area contributed by atoms with E-state index in [9.17, 15) is 0 Å². The van der Waals surface area contributed by atoms with Crippen LogP contribution in [0.3, 0.4) is 0 Å². The van der Waals surface area contributed by atoms with Crippen molar-refractivity contribution >= 4 is 43.5 Å². The van der Waals surface area contributed by atoms with E-state index in [0.29, 0.717) is 17.5 Å². The van der Waals surface area contributed by atoms with Crippen LogP contribution >= 0.6 is 11.3 Å². The monoisotopic (exact) mass is 532 g/mol. The molecule has 0 bridgehead atoms. The van der Waals surface area contributed by atoms with Crippen LogP contribution in [0.1, 0.15) is 0 Å². The second-order valence-electron chi connectivity index (χ2n) is 9.55. The molecule has 5 nitrogen and oxygen atoms in total. The molecule has 3 aromatic heterocycles. The van der Waals surface area contributed by atoms with Gasteiger partial charge in [0.25, 0.3) is 0 Å². The summed E-state index contributed by atoms with van der Waals surface area (Å²) in [7, 11) is 0. The van der Waals surface area contributed by atoms with E-state index in [1.54, 1.807) is 11.3 Å². The van der Waals surface area contributed by atoms with Gasteiger partial charge < -0.3 is 4.42 Å². The number of fused-ring (bicyclic) bond motifs is 4. The lowest BCUT2D eigenvalue weighted by molar-refractivity contribution is 0.669. The molecule has 3 heterocycles. The normalized spacial score (nSPS) is 11.5. The fourth-order valence-corrected chi connectivity index (χ4v) is 5.96. The Kier molecular flexibility index (Phi) is 5.24. The van der Waals surface area contributed by atoms with E-state index in [4.69, 9.17) is 24.4 Å². The molecule has 0 fully saturated rings. The van der Waals surface area contributed by atoms with Gasteiger partial charge in [0.05, 0.1) is 10.2 Å². The summed E-state index contributed by atoms with van der Waals surface area (Å²) in [5, 5.41) is 3.09. The summed E-state index contributed by atoms with van der Waals surface area (Å²) in [6.07, 6.45) is 0. The first-order valence-corrected chi connectivity index (χ1v) is 13.8. The molecule has 0 saturated carbocycles. The molecule has 0 atom stereocenters. The van der Waals surface area contributed by atoms with Gasteiger partial charge in [-0.25, -0.2) is 19.9 Å². The van der Waals surface area contributed by atoms with Crippen molar-refractivity contribution in [1.29, 1.82) is 0 Å². The number of hydrogen-bond donors (Lipinski definition) is 0. The molecule has 5 aromatic carbocycles. The van der Waals surface area contributed by atoms with Gasteiger partial charge >= 0.3 is 0 Å². The van der Waals surface area contributed by atoms with Gasteiger partial charge in [-0.15, -0.1) is 11.3 Å². The van der Waals surface area contributed by atoms with Crippen LogP contribution in [0.2, 0.25) is 0 Å². The Morgan fingerprint density at radius 2 is 1.00 bits per heavy atom. The third kappa shape index (κ3) is 3.94. The van der Waals surface area contributed by atoms with Crippen LogP contribution in [-0.2, 0) is 0 Å². The number of aromatic nitrogens is 4. The van der Waals surface area contributed by atoms with Gasteiger partial charge in [-0.3, -0.25) is 0 Å². The molecule has 0 aliphatic heterocycles. The van der Waals surface area contributed by atoms with Crippen LogP contribution in [0, 0.1) is 0 Å². The number of nitrogens with zero attached hydrogens (tertiary/aromatic N) is 4. The Morgan fingerprint density at radius 1 is 0.450 bits per heavy atom. The third-order valence-corrected chi connectivity index (χ3v) is 8.03. The van der Waals surface area contributed by atoms with E-state index in [2.05, 4.69) is 36.4 Å². The fraction of sp³-hybridized carbons (Fsp3) is 0. The Bertz CT molecular complexity index is 2100. The molecule has 0 amide bonds. The van der Waals surface area contributed by atoms with Crippen molar-refractivity contribution < 1.29 is 4.42 Å². The van der Waals surface area contributed by atoms with E-state index in [0.717, 1.165) is 59.4 Å². The van der Waals surface area contributed by atoms with Gasteiger partial charge in [0.15, 0.2) is 17.5 Å². The lowest BCUT2D eigenvalue weighted by atomic mass is 10.1. The second-order valence-corrected chi connectivity index (χ2v) is 10.6. The molecule has 0 aliphatic rings. The molecule has 0 saturated heterocycles. The molecule has 0 spiro atoms. The van der Waals surface area contributed by atoms with Crippen molar-refractivity contribution in [2.75, 3.05) is 0 Å². The summed E-state index contributed by atoms with van der Waals surface area (Å²) < 4.78 is 7.48. The minimum atomic E-state index is 0.602. The minimum Gasteiger partial charge on any atom is -0.456 e. The average molecular weight is 533 g/mol. The Hall–Kier alpha value is -5.20. The van der Waals surface area contributed by atoms with E-state index in [1.165, 1.54) is 0 Å². The summed E-state index contributed by atoms with van der Waals surface area (Å²) in [4.78, 5) is 19.4. The summed E-state index contributed by atoms with van der Waals surface area (Å²) in [6, 6.07) is 40.6. The average Bonchev–Trinajstić information content (AvgIpc) is 3.61. The second kappa shape index (κ2) is 9.22. The number of rotatable bonds is 4. The molecule has 8 aromatic rings. The van der Waals surface area contributed by atoms with Gasteiger partial charge in [-0.05, 0) is 18.2 Å². The lowest BCUT2D eigenvalue weighted by Crippen LogP contribution is -2.00. The Balaban J connectivity index is 1.26. The highest BCUT2D eigenvalue weighted by Crippen LogP contribution is 2.38. The number of thiazole rings is 1. The smallest absolute Gasteiger partial charge is 0.164 e. The van der Waals surface area contributed by atoms with Crippen molar-refractivity contribution in [3.8, 4) is 44.7 Å². The first-order valence-electron chi connectivity index (χ1n) is 13.0. The molecule has 40 heavy (non-hydrogen) atoms. The Labute approximate surface area is 233 Å². The van der Waals surface area contributed by atoms with Crippen LogP contribution in [0.4, 0.5) is 0 Å². The SMILES string of the molecule is c1ccc(-c2nc(-c3ccccc3)nc(-c3ccc4c(c3)oc3cc5sc(-c6ccccc6)nc5cc34)n2)cc1. The van der Waals surface area contributed by atoms with Crippen LogP contribution in [0.5, 0.6) is 0 Å². The largest absolute Gasteiger partial charge is 0.456 e. The van der Waals surface area contributed by atoms with Crippen molar-refractivity contribution in [2.45, 2.75) is 0 Å². The van der Waals surface area contributed by atoms with Gasteiger partial charge in [0.2, 0.25) is 0 Å². The molecule has 8 rings (SSSR count). The fourth-order valence-electron chi connectivity index (χ4n) is 4.98. The first kappa shape index (κ1) is 22.8. The standard InChI is InChI=1S/C34H20N4OS/c1-4-10-21(11-5-1)31-36-32(22-12-6-2-7-13-22)38-33(37-31)24-16-17-25-26-19-27-30(20-29(26)39-28(25)18-24)40-34(35-27)23-14-8-3-9-15-23/h1-20H. The summed E-state index contributed by atoms with van der Waals surface area (Å²) in [6.45, 7) is 0. The highest BCUT2D eigenvalue weighted by Gasteiger charge is 2.16. The zero-order valence-electron chi connectivity index (χ0n) is 21.2. The van der Waals surface area contributed by atoms with Gasteiger partial charge in [0.1, 0.15) is 16.2 Å². The van der Waals surface area contributed by atoms with E-state index >= 15 is 0 Å². The predicted molar refractivity (Wildman–Crippen MR) is 162 cm³/mol. The Morgan fingerprint density at radius 3 is 1.62 bits per heavy atom. The van der Waals surface area contributed by atoms with Crippen molar-refractivity contribution in [1.82, 2.24) is 19.9 Å². The molecule has 0 radical (unpaired) electrons. The molecule has 0 unspecified atom stereocenters. The van der Waals surface area contributed by atoms with Gasteiger partial charge in [-0.1, -0.05) is 97.1 Å². The number of hydrogen-bond acceptors (Lipinski definition) is 6.